The standard InChI is InChI=1S/C16H30N4/c1-7-10-17-15-11(4)16(20-13(6)19-15)18-12(5)14(8-2)9-3/h12,14H,7-10H2,1-6H3,(H2,17,18,19,20). The molecule has 4 nitrogen and oxygen atoms in total. The number of rotatable bonds is 8. The number of aryl methyl sites for hydroxylation is 1. The van der Waals surface area contributed by atoms with Crippen molar-refractivity contribution in [2.75, 3.05) is 17.2 Å². The molecule has 1 heterocycles. The molecular weight excluding hydrogens is 248 g/mol. The van der Waals surface area contributed by atoms with Crippen LogP contribution in [0, 0.1) is 19.8 Å². The van der Waals surface area contributed by atoms with E-state index in [1.807, 2.05) is 6.92 Å². The van der Waals surface area contributed by atoms with Gasteiger partial charge in [0.05, 0.1) is 0 Å². The first-order valence-electron chi connectivity index (χ1n) is 7.89. The largest absolute Gasteiger partial charge is 0.370 e. The van der Waals surface area contributed by atoms with E-state index in [9.17, 15) is 0 Å². The second kappa shape index (κ2) is 8.08. The van der Waals surface area contributed by atoms with E-state index in [1.165, 1.54) is 12.8 Å². The van der Waals surface area contributed by atoms with Crippen LogP contribution in [0.4, 0.5) is 11.6 Å². The fourth-order valence-corrected chi connectivity index (χ4v) is 2.51. The van der Waals surface area contributed by atoms with Crippen LogP contribution in [0.15, 0.2) is 0 Å². The highest BCUT2D eigenvalue weighted by molar-refractivity contribution is 5.57. The molecule has 0 aromatic carbocycles. The zero-order valence-electron chi connectivity index (χ0n) is 13.9. The van der Waals surface area contributed by atoms with E-state index in [2.05, 4.69) is 55.2 Å². The first-order chi connectivity index (χ1) is 9.53. The summed E-state index contributed by atoms with van der Waals surface area (Å²) >= 11 is 0. The summed E-state index contributed by atoms with van der Waals surface area (Å²) in [7, 11) is 0. The number of anilines is 2. The summed E-state index contributed by atoms with van der Waals surface area (Å²) in [4.78, 5) is 9.07. The molecule has 0 spiro atoms. The molecule has 114 valence electrons. The maximum atomic E-state index is 4.57. The van der Waals surface area contributed by atoms with E-state index in [-0.39, 0.29) is 0 Å². The predicted octanol–water partition coefficient (Wildman–Crippen LogP) is 4.15. The molecule has 20 heavy (non-hydrogen) atoms. The molecule has 0 radical (unpaired) electrons. The van der Waals surface area contributed by atoms with Crippen LogP contribution >= 0.6 is 0 Å². The summed E-state index contributed by atoms with van der Waals surface area (Å²) in [5, 5.41) is 6.96. The molecule has 2 N–H and O–H groups in total. The van der Waals surface area contributed by atoms with Crippen molar-refractivity contribution in [3.63, 3.8) is 0 Å². The van der Waals surface area contributed by atoms with Crippen LogP contribution in [0.25, 0.3) is 0 Å². The lowest BCUT2D eigenvalue weighted by Gasteiger charge is -2.24. The van der Waals surface area contributed by atoms with Gasteiger partial charge in [-0.05, 0) is 33.1 Å². The molecule has 0 bridgehead atoms. The highest BCUT2D eigenvalue weighted by atomic mass is 15.1. The van der Waals surface area contributed by atoms with Crippen LogP contribution in [0.2, 0.25) is 0 Å². The summed E-state index contributed by atoms with van der Waals surface area (Å²) in [5.74, 6) is 3.42. The monoisotopic (exact) mass is 278 g/mol. The Morgan fingerprint density at radius 2 is 1.60 bits per heavy atom. The maximum Gasteiger partial charge on any atom is 0.134 e. The SMILES string of the molecule is CCCNc1nc(C)nc(NC(C)C(CC)CC)c1C. The third-order valence-electron chi connectivity index (χ3n) is 3.92. The van der Waals surface area contributed by atoms with Gasteiger partial charge in [-0.3, -0.25) is 0 Å². The minimum Gasteiger partial charge on any atom is -0.370 e. The third kappa shape index (κ3) is 4.36. The van der Waals surface area contributed by atoms with E-state index in [4.69, 9.17) is 0 Å². The van der Waals surface area contributed by atoms with Gasteiger partial charge in [-0.15, -0.1) is 0 Å². The Labute approximate surface area is 123 Å². The molecule has 1 aromatic heterocycles. The molecule has 4 heteroatoms. The van der Waals surface area contributed by atoms with Crippen molar-refractivity contribution in [3.05, 3.63) is 11.4 Å². The molecule has 0 amide bonds. The van der Waals surface area contributed by atoms with Crippen molar-refractivity contribution < 1.29 is 0 Å². The molecule has 0 saturated carbocycles. The number of nitrogens with one attached hydrogen (secondary N) is 2. The molecule has 0 aliphatic rings. The van der Waals surface area contributed by atoms with Crippen LogP contribution in [-0.4, -0.2) is 22.6 Å². The van der Waals surface area contributed by atoms with Crippen molar-refractivity contribution in [3.8, 4) is 0 Å². The Balaban J connectivity index is 2.91. The lowest BCUT2D eigenvalue weighted by Crippen LogP contribution is -2.26. The van der Waals surface area contributed by atoms with Gasteiger partial charge in [-0.1, -0.05) is 33.6 Å². The third-order valence-corrected chi connectivity index (χ3v) is 3.92. The molecule has 0 aliphatic heterocycles. The van der Waals surface area contributed by atoms with Gasteiger partial charge in [0.1, 0.15) is 17.5 Å². The van der Waals surface area contributed by atoms with Gasteiger partial charge in [-0.25, -0.2) is 9.97 Å². The zero-order chi connectivity index (χ0) is 15.1. The fourth-order valence-electron chi connectivity index (χ4n) is 2.51. The first kappa shape index (κ1) is 16.7. The molecule has 0 saturated heterocycles. The topological polar surface area (TPSA) is 49.8 Å². The van der Waals surface area contributed by atoms with Crippen LogP contribution in [0.1, 0.15) is 58.3 Å². The summed E-state index contributed by atoms with van der Waals surface area (Å²) in [6.07, 6.45) is 3.47. The van der Waals surface area contributed by atoms with E-state index >= 15 is 0 Å². The van der Waals surface area contributed by atoms with Crippen LogP contribution in [-0.2, 0) is 0 Å². The second-order valence-corrected chi connectivity index (χ2v) is 5.53. The highest BCUT2D eigenvalue weighted by Crippen LogP contribution is 2.23. The summed E-state index contributed by atoms with van der Waals surface area (Å²) in [5.41, 5.74) is 1.11. The van der Waals surface area contributed by atoms with Crippen molar-refractivity contribution in [2.24, 2.45) is 5.92 Å². The van der Waals surface area contributed by atoms with E-state index in [0.717, 1.165) is 36.0 Å². The number of hydrogen-bond acceptors (Lipinski definition) is 4. The van der Waals surface area contributed by atoms with Crippen molar-refractivity contribution in [1.29, 1.82) is 0 Å². The Hall–Kier alpha value is -1.32. The minimum absolute atomic E-state index is 0.428. The van der Waals surface area contributed by atoms with Crippen LogP contribution in [0.3, 0.4) is 0 Å². The van der Waals surface area contributed by atoms with Gasteiger partial charge in [0.2, 0.25) is 0 Å². The summed E-state index contributed by atoms with van der Waals surface area (Å²) in [6, 6.07) is 0.428. The molecule has 0 fully saturated rings. The lowest BCUT2D eigenvalue weighted by atomic mass is 9.95. The normalized spacial score (nSPS) is 12.6. The van der Waals surface area contributed by atoms with Crippen molar-refractivity contribution >= 4 is 11.6 Å². The van der Waals surface area contributed by atoms with E-state index < -0.39 is 0 Å². The molecular formula is C16H30N4. The molecule has 1 atom stereocenters. The summed E-state index contributed by atoms with van der Waals surface area (Å²) < 4.78 is 0. The summed E-state index contributed by atoms with van der Waals surface area (Å²) in [6.45, 7) is 13.9. The smallest absolute Gasteiger partial charge is 0.134 e. The molecule has 1 aromatic rings. The van der Waals surface area contributed by atoms with Gasteiger partial charge in [0.25, 0.3) is 0 Å². The first-order valence-corrected chi connectivity index (χ1v) is 7.89. The number of hydrogen-bond donors (Lipinski definition) is 2. The lowest BCUT2D eigenvalue weighted by molar-refractivity contribution is 0.437. The number of nitrogens with zero attached hydrogens (tertiary/aromatic N) is 2. The maximum absolute atomic E-state index is 4.57. The Morgan fingerprint density at radius 1 is 1.00 bits per heavy atom. The molecule has 0 aliphatic carbocycles. The van der Waals surface area contributed by atoms with Gasteiger partial charge in [-0.2, -0.15) is 0 Å². The average molecular weight is 278 g/mol. The Kier molecular flexibility index (Phi) is 6.76. The van der Waals surface area contributed by atoms with Crippen LogP contribution in [0.5, 0.6) is 0 Å². The zero-order valence-corrected chi connectivity index (χ0v) is 13.9. The minimum atomic E-state index is 0.428. The van der Waals surface area contributed by atoms with Crippen molar-refractivity contribution in [1.82, 2.24) is 9.97 Å². The quantitative estimate of drug-likeness (QED) is 0.750. The predicted molar refractivity (Wildman–Crippen MR) is 87.4 cm³/mol. The molecule has 1 rings (SSSR count). The molecule has 1 unspecified atom stereocenters. The highest BCUT2D eigenvalue weighted by Gasteiger charge is 2.16. The van der Waals surface area contributed by atoms with E-state index in [0.29, 0.717) is 12.0 Å². The van der Waals surface area contributed by atoms with Gasteiger partial charge >= 0.3 is 0 Å². The average Bonchev–Trinajstić information content (AvgIpc) is 2.42. The van der Waals surface area contributed by atoms with Gasteiger partial charge < -0.3 is 10.6 Å². The van der Waals surface area contributed by atoms with Crippen LogP contribution < -0.4 is 10.6 Å². The Bertz CT molecular complexity index is 413. The van der Waals surface area contributed by atoms with Crippen molar-refractivity contribution in [2.45, 2.75) is 66.8 Å². The fraction of sp³-hybridized carbons (Fsp3) is 0.750. The van der Waals surface area contributed by atoms with Gasteiger partial charge in [0, 0.05) is 18.2 Å². The van der Waals surface area contributed by atoms with E-state index in [1.54, 1.807) is 0 Å². The second-order valence-electron chi connectivity index (χ2n) is 5.53. The number of aromatic nitrogens is 2. The Morgan fingerprint density at radius 3 is 2.15 bits per heavy atom. The van der Waals surface area contributed by atoms with Gasteiger partial charge in [0.15, 0.2) is 0 Å².